The number of nitrogens with zero attached hydrogens (tertiary/aromatic N) is 2. The van der Waals surface area contributed by atoms with E-state index in [1.165, 1.54) is 16.2 Å². The van der Waals surface area contributed by atoms with E-state index >= 15 is 0 Å². The van der Waals surface area contributed by atoms with Crippen molar-refractivity contribution in [3.63, 3.8) is 0 Å². The number of β-amino-alcohol motifs (C(OH)–C–C–N with tert-alkyl or cyclic N) is 2. The van der Waals surface area contributed by atoms with Crippen LogP contribution in [-0.4, -0.2) is 51.3 Å². The maximum Gasteiger partial charge on any atom is 0.228 e. The van der Waals surface area contributed by atoms with Crippen LogP contribution in [0.2, 0.25) is 0 Å². The van der Waals surface area contributed by atoms with Gasteiger partial charge in [0.2, 0.25) is 5.91 Å². The van der Waals surface area contributed by atoms with Gasteiger partial charge in [0.25, 0.3) is 0 Å². The first-order valence-corrected chi connectivity index (χ1v) is 8.06. The predicted octanol–water partition coefficient (Wildman–Crippen LogP) is 0.978. The van der Waals surface area contributed by atoms with Crippen LogP contribution in [0.1, 0.15) is 5.69 Å². The van der Waals surface area contributed by atoms with Gasteiger partial charge >= 0.3 is 0 Å². The minimum Gasteiger partial charge on any atom is -0.388 e. The van der Waals surface area contributed by atoms with Crippen LogP contribution in [0.15, 0.2) is 22.2 Å². The summed E-state index contributed by atoms with van der Waals surface area (Å²) in [7, 11) is 0. The van der Waals surface area contributed by atoms with E-state index in [1.807, 2.05) is 22.2 Å². The van der Waals surface area contributed by atoms with Gasteiger partial charge in [-0.15, -0.1) is 11.3 Å². The number of thiazole rings is 1. The molecule has 1 aliphatic rings. The zero-order valence-corrected chi connectivity index (χ0v) is 12.2. The Hall–Kier alpha value is -1.28. The normalized spacial score (nSPS) is 22.4. The minimum absolute atomic E-state index is 0.109. The molecular formula is C13H14N2O3S2. The summed E-state index contributed by atoms with van der Waals surface area (Å²) in [6.07, 6.45) is -1.47. The van der Waals surface area contributed by atoms with Crippen molar-refractivity contribution in [2.45, 2.75) is 18.6 Å². The van der Waals surface area contributed by atoms with Crippen molar-refractivity contribution >= 4 is 28.6 Å². The van der Waals surface area contributed by atoms with E-state index in [2.05, 4.69) is 4.98 Å². The Kier molecular flexibility index (Phi) is 3.84. The Balaban J connectivity index is 1.65. The standard InChI is InChI=1S/C13H14N2O3S2/c16-10-4-15(5-11(10)17)12(18)3-9-7-20-13(14-9)8-1-2-19-6-8/h1-2,6-7,10-11,16-17H,3-5H2/t10-,11+. The first-order valence-electron chi connectivity index (χ1n) is 6.24. The second kappa shape index (κ2) is 5.61. The number of aromatic nitrogens is 1. The average Bonchev–Trinajstić information content (AvgIpc) is 3.11. The van der Waals surface area contributed by atoms with Crippen molar-refractivity contribution in [2.24, 2.45) is 0 Å². The van der Waals surface area contributed by atoms with E-state index < -0.39 is 12.2 Å². The Bertz CT molecular complexity index is 587. The summed E-state index contributed by atoms with van der Waals surface area (Å²) < 4.78 is 0. The number of carbonyl (C=O) groups excluding carboxylic acids is 1. The van der Waals surface area contributed by atoms with Crippen molar-refractivity contribution in [3.05, 3.63) is 27.9 Å². The molecule has 1 saturated heterocycles. The van der Waals surface area contributed by atoms with Crippen LogP contribution in [0.3, 0.4) is 0 Å². The van der Waals surface area contributed by atoms with E-state index in [9.17, 15) is 15.0 Å². The van der Waals surface area contributed by atoms with E-state index in [1.54, 1.807) is 11.3 Å². The molecule has 0 bridgehead atoms. The van der Waals surface area contributed by atoms with Crippen molar-refractivity contribution in [1.29, 1.82) is 0 Å². The third-order valence-corrected chi connectivity index (χ3v) is 4.89. The van der Waals surface area contributed by atoms with Gasteiger partial charge in [0.05, 0.1) is 24.3 Å². The molecule has 2 aromatic heterocycles. The summed E-state index contributed by atoms with van der Waals surface area (Å²) in [5.74, 6) is -0.109. The molecule has 1 amide bonds. The smallest absolute Gasteiger partial charge is 0.228 e. The Morgan fingerprint density at radius 3 is 2.75 bits per heavy atom. The van der Waals surface area contributed by atoms with Gasteiger partial charge in [-0.3, -0.25) is 4.79 Å². The van der Waals surface area contributed by atoms with Crippen LogP contribution in [0, 0.1) is 0 Å². The first-order chi connectivity index (χ1) is 9.63. The lowest BCUT2D eigenvalue weighted by Crippen LogP contribution is -2.31. The number of thiophene rings is 1. The molecule has 3 rings (SSSR count). The fourth-order valence-corrected chi connectivity index (χ4v) is 3.68. The van der Waals surface area contributed by atoms with Crippen LogP contribution in [0.25, 0.3) is 10.6 Å². The molecule has 0 saturated carbocycles. The van der Waals surface area contributed by atoms with Gasteiger partial charge in [-0.1, -0.05) is 0 Å². The van der Waals surface area contributed by atoms with Crippen LogP contribution in [0.4, 0.5) is 0 Å². The summed E-state index contributed by atoms with van der Waals surface area (Å²) in [6, 6.07) is 2.00. The lowest BCUT2D eigenvalue weighted by molar-refractivity contribution is -0.130. The Labute approximate surface area is 124 Å². The highest BCUT2D eigenvalue weighted by molar-refractivity contribution is 7.14. The van der Waals surface area contributed by atoms with Crippen LogP contribution in [-0.2, 0) is 11.2 Å². The van der Waals surface area contributed by atoms with Crippen LogP contribution >= 0.6 is 22.7 Å². The number of amides is 1. The van der Waals surface area contributed by atoms with Gasteiger partial charge in [-0.25, -0.2) is 4.98 Å². The molecule has 3 heterocycles. The van der Waals surface area contributed by atoms with E-state index in [4.69, 9.17) is 0 Å². The summed E-state index contributed by atoms with van der Waals surface area (Å²) in [5.41, 5.74) is 1.81. The van der Waals surface area contributed by atoms with Crippen LogP contribution < -0.4 is 0 Å². The van der Waals surface area contributed by atoms with E-state index in [0.717, 1.165) is 16.3 Å². The molecule has 7 heteroatoms. The van der Waals surface area contributed by atoms with Crippen LogP contribution in [0.5, 0.6) is 0 Å². The number of hydrogen-bond donors (Lipinski definition) is 2. The lowest BCUT2D eigenvalue weighted by Gasteiger charge is -2.14. The molecule has 1 fully saturated rings. The number of aliphatic hydroxyl groups is 2. The second-order valence-corrected chi connectivity index (χ2v) is 6.40. The van der Waals surface area contributed by atoms with Gasteiger partial charge in [0.1, 0.15) is 5.01 Å². The quantitative estimate of drug-likeness (QED) is 0.886. The van der Waals surface area contributed by atoms with Crippen molar-refractivity contribution in [2.75, 3.05) is 13.1 Å². The zero-order valence-electron chi connectivity index (χ0n) is 10.6. The van der Waals surface area contributed by atoms with Crippen molar-refractivity contribution in [1.82, 2.24) is 9.88 Å². The zero-order chi connectivity index (χ0) is 14.1. The molecule has 1 aliphatic heterocycles. The SMILES string of the molecule is O=C(Cc1csc(-c2ccsc2)n1)N1C[C@@H](O)[C@@H](O)C1. The number of hydrogen-bond acceptors (Lipinski definition) is 6. The fourth-order valence-electron chi connectivity index (χ4n) is 2.15. The molecule has 2 atom stereocenters. The van der Waals surface area contributed by atoms with E-state index in [0.29, 0.717) is 0 Å². The second-order valence-electron chi connectivity index (χ2n) is 4.77. The summed E-state index contributed by atoms with van der Waals surface area (Å²) in [5, 5.41) is 25.7. The number of aliphatic hydroxyl groups excluding tert-OH is 2. The monoisotopic (exact) mass is 310 g/mol. The number of rotatable bonds is 3. The molecule has 2 N–H and O–H groups in total. The van der Waals surface area contributed by atoms with Gasteiger partial charge in [-0.05, 0) is 11.4 Å². The highest BCUT2D eigenvalue weighted by Crippen LogP contribution is 2.26. The molecule has 20 heavy (non-hydrogen) atoms. The molecule has 106 valence electrons. The molecular weight excluding hydrogens is 296 g/mol. The third-order valence-electron chi connectivity index (χ3n) is 3.26. The number of carbonyl (C=O) groups is 1. The molecule has 5 nitrogen and oxygen atoms in total. The largest absolute Gasteiger partial charge is 0.388 e. The van der Waals surface area contributed by atoms with Gasteiger partial charge < -0.3 is 15.1 Å². The van der Waals surface area contributed by atoms with Gasteiger partial charge in [-0.2, -0.15) is 11.3 Å². The Morgan fingerprint density at radius 1 is 1.35 bits per heavy atom. The van der Waals surface area contributed by atoms with Crippen molar-refractivity contribution < 1.29 is 15.0 Å². The summed E-state index contributed by atoms with van der Waals surface area (Å²) in [4.78, 5) is 18.0. The topological polar surface area (TPSA) is 73.7 Å². The van der Waals surface area contributed by atoms with Crippen molar-refractivity contribution in [3.8, 4) is 10.6 Å². The van der Waals surface area contributed by atoms with Gasteiger partial charge in [0, 0.05) is 29.4 Å². The fraction of sp³-hybridized carbons (Fsp3) is 0.385. The minimum atomic E-state index is -0.837. The first kappa shape index (κ1) is 13.7. The molecule has 0 radical (unpaired) electrons. The summed E-state index contributed by atoms with van der Waals surface area (Å²) >= 11 is 3.13. The Morgan fingerprint density at radius 2 is 2.10 bits per heavy atom. The summed E-state index contributed by atoms with van der Waals surface area (Å²) in [6.45, 7) is 0.392. The average molecular weight is 310 g/mol. The van der Waals surface area contributed by atoms with Gasteiger partial charge in [0.15, 0.2) is 0 Å². The third kappa shape index (κ3) is 2.76. The predicted molar refractivity (Wildman–Crippen MR) is 77.7 cm³/mol. The highest BCUT2D eigenvalue weighted by atomic mass is 32.1. The molecule has 2 aromatic rings. The maximum atomic E-state index is 12.1. The molecule has 0 aromatic carbocycles. The maximum absolute atomic E-state index is 12.1. The lowest BCUT2D eigenvalue weighted by atomic mass is 10.3. The molecule has 0 spiro atoms. The number of likely N-dealkylation sites (tertiary alicyclic amines) is 1. The molecule has 0 aliphatic carbocycles. The van der Waals surface area contributed by atoms with E-state index in [-0.39, 0.29) is 25.4 Å². The molecule has 0 unspecified atom stereocenters. The highest BCUT2D eigenvalue weighted by Gasteiger charge is 2.32.